The predicted octanol–water partition coefficient (Wildman–Crippen LogP) is 2.76. The molecule has 4 aliphatic carbocycles. The first-order valence-electron chi connectivity index (χ1n) is 9.89. The van der Waals surface area contributed by atoms with Gasteiger partial charge in [0.1, 0.15) is 6.33 Å². The molecule has 1 N–H and O–H groups in total. The molecule has 0 aromatic carbocycles. The number of rotatable bonds is 5. The fourth-order valence-electron chi connectivity index (χ4n) is 6.37. The number of halogens is 1. The van der Waals surface area contributed by atoms with Crippen molar-refractivity contribution in [3.63, 3.8) is 0 Å². The fraction of sp³-hybridized carbons (Fsp3) is 0.684. The highest BCUT2D eigenvalue weighted by Gasteiger charge is 2.61. The molecule has 4 saturated carbocycles. The van der Waals surface area contributed by atoms with Gasteiger partial charge in [-0.2, -0.15) is 5.10 Å². The molecule has 2 aromatic rings. The monoisotopic (exact) mass is 388 g/mol. The van der Waals surface area contributed by atoms with Crippen LogP contribution in [0, 0.1) is 17.3 Å². The predicted molar refractivity (Wildman–Crippen MR) is 99.9 cm³/mol. The van der Waals surface area contributed by atoms with Gasteiger partial charge in [-0.25, -0.2) is 9.67 Å². The molecule has 27 heavy (non-hydrogen) atoms. The Morgan fingerprint density at radius 1 is 1.33 bits per heavy atom. The number of aromatic nitrogens is 5. The number of hydrogen-bond donors (Lipinski definition) is 1. The second-order valence-corrected chi connectivity index (χ2v) is 9.08. The van der Waals surface area contributed by atoms with Gasteiger partial charge in [0.05, 0.1) is 23.2 Å². The van der Waals surface area contributed by atoms with Crippen molar-refractivity contribution in [3.05, 3.63) is 29.6 Å². The van der Waals surface area contributed by atoms with Gasteiger partial charge >= 0.3 is 0 Å². The number of carbonyl (C=O) groups is 1. The van der Waals surface area contributed by atoms with Crippen molar-refractivity contribution in [1.82, 2.24) is 29.9 Å². The molecule has 2 heterocycles. The normalized spacial score (nSPS) is 34.1. The van der Waals surface area contributed by atoms with Crippen LogP contribution in [0.5, 0.6) is 0 Å². The van der Waals surface area contributed by atoms with Gasteiger partial charge in [0.15, 0.2) is 0 Å². The molecule has 2 unspecified atom stereocenters. The van der Waals surface area contributed by atoms with E-state index in [-0.39, 0.29) is 22.1 Å². The minimum atomic E-state index is -0.292. The van der Waals surface area contributed by atoms with Gasteiger partial charge in [-0.3, -0.25) is 9.48 Å². The molecule has 0 spiro atoms. The third kappa shape index (κ3) is 2.70. The van der Waals surface area contributed by atoms with Gasteiger partial charge in [-0.15, -0.1) is 5.10 Å². The molecule has 4 fully saturated rings. The van der Waals surface area contributed by atoms with Gasteiger partial charge in [0, 0.05) is 12.7 Å². The summed E-state index contributed by atoms with van der Waals surface area (Å²) in [5.41, 5.74) is 0.653. The number of aryl methyl sites for hydroxylation is 1. The number of hydrogen-bond acceptors (Lipinski definition) is 4. The van der Waals surface area contributed by atoms with Crippen LogP contribution in [0.4, 0.5) is 0 Å². The fourth-order valence-corrected chi connectivity index (χ4v) is 6.50. The van der Waals surface area contributed by atoms with Crippen molar-refractivity contribution in [2.45, 2.75) is 64.1 Å². The minimum Gasteiger partial charge on any atom is -0.350 e. The van der Waals surface area contributed by atoms with Gasteiger partial charge in [0.25, 0.3) is 0 Å². The van der Waals surface area contributed by atoms with E-state index in [0.29, 0.717) is 18.4 Å². The molecular weight excluding hydrogens is 364 g/mol. The van der Waals surface area contributed by atoms with E-state index in [2.05, 4.69) is 27.4 Å². The number of nitrogens with one attached hydrogen (secondary N) is 1. The van der Waals surface area contributed by atoms with E-state index in [9.17, 15) is 4.79 Å². The maximum atomic E-state index is 13.4. The van der Waals surface area contributed by atoms with Crippen molar-refractivity contribution in [3.8, 4) is 0 Å². The lowest BCUT2D eigenvalue weighted by atomic mass is 9.46. The first-order chi connectivity index (χ1) is 13.0. The van der Waals surface area contributed by atoms with Crippen molar-refractivity contribution in [2.75, 3.05) is 0 Å². The summed E-state index contributed by atoms with van der Waals surface area (Å²) in [4.78, 5) is 17.5. The summed E-state index contributed by atoms with van der Waals surface area (Å²) in [6.07, 6.45) is 9.77. The van der Waals surface area contributed by atoms with E-state index in [1.165, 1.54) is 6.42 Å². The second kappa shape index (κ2) is 6.06. The quantitative estimate of drug-likeness (QED) is 0.854. The summed E-state index contributed by atoms with van der Waals surface area (Å²) < 4.78 is 3.89. The summed E-state index contributed by atoms with van der Waals surface area (Å²) in [6.45, 7) is 3.40. The highest BCUT2D eigenvalue weighted by Crippen LogP contribution is 2.64. The van der Waals surface area contributed by atoms with Gasteiger partial charge < -0.3 is 5.32 Å². The Balaban J connectivity index is 1.39. The Bertz CT molecular complexity index is 859. The second-order valence-electron chi connectivity index (χ2n) is 8.74. The van der Waals surface area contributed by atoms with Crippen molar-refractivity contribution < 1.29 is 4.79 Å². The highest BCUT2D eigenvalue weighted by molar-refractivity contribution is 6.28. The Kier molecular flexibility index (Phi) is 3.86. The van der Waals surface area contributed by atoms with Crippen LogP contribution >= 0.6 is 11.6 Å². The van der Waals surface area contributed by atoms with Crippen LogP contribution in [-0.2, 0) is 23.4 Å². The lowest BCUT2D eigenvalue weighted by molar-refractivity contribution is -0.156. The summed E-state index contributed by atoms with van der Waals surface area (Å²) in [5, 5.41) is 12.2. The van der Waals surface area contributed by atoms with Gasteiger partial charge in [-0.05, 0) is 75.0 Å². The molecule has 8 heteroatoms. The molecule has 0 saturated heterocycles. The first kappa shape index (κ1) is 17.2. The van der Waals surface area contributed by atoms with Crippen LogP contribution in [0.1, 0.15) is 51.1 Å². The molecule has 4 bridgehead atoms. The zero-order valence-electron chi connectivity index (χ0n) is 15.6. The van der Waals surface area contributed by atoms with Crippen LogP contribution in [0.3, 0.4) is 0 Å². The van der Waals surface area contributed by atoms with Crippen LogP contribution in [0.15, 0.2) is 18.6 Å². The molecule has 2 atom stereocenters. The zero-order chi connectivity index (χ0) is 18.6. The maximum absolute atomic E-state index is 13.4. The van der Waals surface area contributed by atoms with Crippen LogP contribution in [0.2, 0.25) is 5.28 Å². The first-order valence-corrected chi connectivity index (χ1v) is 10.3. The van der Waals surface area contributed by atoms with E-state index < -0.39 is 0 Å². The summed E-state index contributed by atoms with van der Waals surface area (Å²) >= 11 is 6.00. The zero-order valence-corrected chi connectivity index (χ0v) is 16.3. The SMILES string of the molecule is CCn1nccc1CNC(=O)C12CC3CC(C1)CC(n1cnc(Cl)n1)(C3)C2. The minimum absolute atomic E-state index is 0.104. The van der Waals surface area contributed by atoms with Crippen molar-refractivity contribution in [1.29, 1.82) is 0 Å². The number of nitrogens with zero attached hydrogens (tertiary/aromatic N) is 5. The molecule has 0 radical (unpaired) electrons. The Morgan fingerprint density at radius 3 is 2.78 bits per heavy atom. The third-order valence-corrected chi connectivity index (χ3v) is 7.17. The average Bonchev–Trinajstić information content (AvgIpc) is 3.27. The third-order valence-electron chi connectivity index (χ3n) is 7.00. The summed E-state index contributed by atoms with van der Waals surface area (Å²) in [7, 11) is 0. The van der Waals surface area contributed by atoms with E-state index in [0.717, 1.165) is 44.3 Å². The number of carbonyl (C=O) groups excluding carboxylic acids is 1. The summed E-state index contributed by atoms with van der Waals surface area (Å²) in [6, 6.07) is 1.97. The van der Waals surface area contributed by atoms with Gasteiger partial charge in [-0.1, -0.05) is 0 Å². The van der Waals surface area contributed by atoms with Crippen molar-refractivity contribution >= 4 is 17.5 Å². The molecule has 144 valence electrons. The molecule has 4 aliphatic rings. The van der Waals surface area contributed by atoms with E-state index in [4.69, 9.17) is 11.6 Å². The maximum Gasteiger partial charge on any atom is 0.242 e. The molecule has 1 amide bonds. The smallest absolute Gasteiger partial charge is 0.242 e. The Labute approximate surface area is 163 Å². The Hall–Kier alpha value is -1.89. The van der Waals surface area contributed by atoms with Crippen LogP contribution in [-0.4, -0.2) is 30.5 Å². The van der Waals surface area contributed by atoms with E-state index in [1.54, 1.807) is 12.5 Å². The molecule has 2 aromatic heterocycles. The number of amides is 1. The molecular formula is C19H25ClN6O. The van der Waals surface area contributed by atoms with Crippen molar-refractivity contribution in [2.24, 2.45) is 17.3 Å². The lowest BCUT2D eigenvalue weighted by Crippen LogP contribution is -2.61. The summed E-state index contributed by atoms with van der Waals surface area (Å²) in [5.74, 6) is 1.36. The molecule has 7 nitrogen and oxygen atoms in total. The van der Waals surface area contributed by atoms with Crippen LogP contribution in [0.25, 0.3) is 0 Å². The van der Waals surface area contributed by atoms with E-state index in [1.807, 2.05) is 15.4 Å². The Morgan fingerprint density at radius 2 is 2.11 bits per heavy atom. The average molecular weight is 389 g/mol. The highest BCUT2D eigenvalue weighted by atomic mass is 35.5. The van der Waals surface area contributed by atoms with Crippen LogP contribution < -0.4 is 5.32 Å². The molecule has 6 rings (SSSR count). The van der Waals surface area contributed by atoms with E-state index >= 15 is 0 Å². The largest absolute Gasteiger partial charge is 0.350 e. The molecule has 0 aliphatic heterocycles. The lowest BCUT2D eigenvalue weighted by Gasteiger charge is -2.60. The van der Waals surface area contributed by atoms with Gasteiger partial charge in [0.2, 0.25) is 11.2 Å². The topological polar surface area (TPSA) is 77.6 Å². The standard InChI is InChI=1S/C19H25ClN6O/c1-2-25-15(3-4-23-25)10-21-16(27)18-6-13-5-14(7-18)9-19(8-13,11-18)26-12-22-17(20)24-26/h3-4,12-14H,2,5-11H2,1H3,(H,21,27).